The quantitative estimate of drug-likeness (QED) is 0.422. The summed E-state index contributed by atoms with van der Waals surface area (Å²) in [7, 11) is 0. The first-order valence-electron chi connectivity index (χ1n) is 10.5. The van der Waals surface area contributed by atoms with Crippen molar-refractivity contribution in [2.75, 3.05) is 23.0 Å². The Morgan fingerprint density at radius 1 is 1.13 bits per heavy atom. The molecule has 1 aliphatic carbocycles. The molecule has 31 heavy (non-hydrogen) atoms. The SMILES string of the molecule is CCOC(=O)Cc1csc(NC(=O)CSc2ccc(NC(=O)C3CCCCC3)cc2)n1. The predicted octanol–water partition coefficient (Wildman–Crippen LogP) is 4.50. The number of thioether (sulfide) groups is 1. The molecule has 1 fully saturated rings. The molecule has 0 spiro atoms. The van der Waals surface area contributed by atoms with E-state index in [4.69, 9.17) is 4.74 Å². The van der Waals surface area contributed by atoms with Gasteiger partial charge in [0.1, 0.15) is 0 Å². The van der Waals surface area contributed by atoms with E-state index in [1.54, 1.807) is 12.3 Å². The molecule has 3 rings (SSSR count). The number of amides is 2. The molecule has 1 aromatic heterocycles. The predicted molar refractivity (Wildman–Crippen MR) is 123 cm³/mol. The van der Waals surface area contributed by atoms with Crippen molar-refractivity contribution >= 4 is 51.7 Å². The van der Waals surface area contributed by atoms with E-state index in [2.05, 4.69) is 15.6 Å². The topological polar surface area (TPSA) is 97.4 Å². The average Bonchev–Trinajstić information content (AvgIpc) is 3.20. The molecule has 1 heterocycles. The molecule has 0 aliphatic heterocycles. The van der Waals surface area contributed by atoms with Gasteiger partial charge in [-0.3, -0.25) is 14.4 Å². The van der Waals surface area contributed by atoms with Gasteiger partial charge in [0, 0.05) is 21.9 Å². The maximum Gasteiger partial charge on any atom is 0.311 e. The molecular weight excluding hydrogens is 434 g/mol. The number of anilines is 2. The van der Waals surface area contributed by atoms with Crippen LogP contribution in [0, 0.1) is 5.92 Å². The normalized spacial score (nSPS) is 14.1. The van der Waals surface area contributed by atoms with Gasteiger partial charge >= 0.3 is 5.97 Å². The molecule has 2 N–H and O–H groups in total. The summed E-state index contributed by atoms with van der Waals surface area (Å²) in [6.07, 6.45) is 5.52. The minimum absolute atomic E-state index is 0.0958. The molecular formula is C22H27N3O4S2. The van der Waals surface area contributed by atoms with Crippen molar-refractivity contribution in [3.8, 4) is 0 Å². The van der Waals surface area contributed by atoms with Crippen molar-refractivity contribution in [2.45, 2.75) is 50.3 Å². The zero-order chi connectivity index (χ0) is 22.1. The Bertz CT molecular complexity index is 892. The van der Waals surface area contributed by atoms with Crippen LogP contribution in [0.2, 0.25) is 0 Å². The van der Waals surface area contributed by atoms with Gasteiger partial charge in [0.2, 0.25) is 11.8 Å². The molecule has 2 aromatic rings. The Morgan fingerprint density at radius 2 is 1.87 bits per heavy atom. The molecule has 0 unspecified atom stereocenters. The van der Waals surface area contributed by atoms with Crippen LogP contribution in [0.3, 0.4) is 0 Å². The molecule has 7 nitrogen and oxygen atoms in total. The van der Waals surface area contributed by atoms with Crippen LogP contribution in [0.1, 0.15) is 44.7 Å². The summed E-state index contributed by atoms with van der Waals surface area (Å²) >= 11 is 2.68. The van der Waals surface area contributed by atoms with E-state index in [0.717, 1.165) is 36.3 Å². The number of ether oxygens (including phenoxy) is 1. The van der Waals surface area contributed by atoms with E-state index in [1.807, 2.05) is 24.3 Å². The van der Waals surface area contributed by atoms with Crippen LogP contribution in [-0.4, -0.2) is 35.1 Å². The number of hydrogen-bond donors (Lipinski definition) is 2. The Morgan fingerprint density at radius 3 is 2.58 bits per heavy atom. The molecule has 0 radical (unpaired) electrons. The van der Waals surface area contributed by atoms with Gasteiger partial charge in [-0.15, -0.1) is 23.1 Å². The van der Waals surface area contributed by atoms with E-state index >= 15 is 0 Å². The number of nitrogens with zero attached hydrogens (tertiary/aromatic N) is 1. The number of carbonyl (C=O) groups is 3. The fourth-order valence-corrected chi connectivity index (χ4v) is 4.78. The average molecular weight is 462 g/mol. The van der Waals surface area contributed by atoms with Crippen molar-refractivity contribution in [2.24, 2.45) is 5.92 Å². The molecule has 2 amide bonds. The van der Waals surface area contributed by atoms with Gasteiger partial charge in [0.25, 0.3) is 0 Å². The number of benzene rings is 1. The van der Waals surface area contributed by atoms with Crippen LogP contribution in [0.5, 0.6) is 0 Å². The summed E-state index contributed by atoms with van der Waals surface area (Å²) in [5.74, 6) is -0.0441. The van der Waals surface area contributed by atoms with E-state index in [1.165, 1.54) is 29.5 Å². The number of hydrogen-bond acceptors (Lipinski definition) is 7. The summed E-state index contributed by atoms with van der Waals surface area (Å²) in [6.45, 7) is 2.08. The standard InChI is InChI=1S/C22H27N3O4S2/c1-2-29-20(27)12-17-13-31-22(24-17)25-19(26)14-30-18-10-8-16(9-11-18)23-21(28)15-6-4-3-5-7-15/h8-11,13,15H,2-7,12,14H2,1H3,(H,23,28)(H,24,25,26). The fourth-order valence-electron chi connectivity index (χ4n) is 3.35. The van der Waals surface area contributed by atoms with Gasteiger partial charge in [-0.1, -0.05) is 19.3 Å². The number of carbonyl (C=O) groups excluding carboxylic acids is 3. The first-order chi connectivity index (χ1) is 15.0. The highest BCUT2D eigenvalue weighted by atomic mass is 32.2. The Hall–Kier alpha value is -2.39. The van der Waals surface area contributed by atoms with E-state index in [-0.39, 0.29) is 35.9 Å². The van der Waals surface area contributed by atoms with Crippen LogP contribution >= 0.6 is 23.1 Å². The molecule has 0 bridgehead atoms. The van der Waals surface area contributed by atoms with Gasteiger partial charge in [-0.25, -0.2) is 4.98 Å². The lowest BCUT2D eigenvalue weighted by molar-refractivity contribution is -0.142. The van der Waals surface area contributed by atoms with E-state index < -0.39 is 0 Å². The van der Waals surface area contributed by atoms with E-state index in [0.29, 0.717) is 17.4 Å². The van der Waals surface area contributed by atoms with Crippen molar-refractivity contribution in [1.29, 1.82) is 0 Å². The van der Waals surface area contributed by atoms with Crippen molar-refractivity contribution in [3.63, 3.8) is 0 Å². The Labute approximate surface area is 190 Å². The minimum atomic E-state index is -0.334. The fraction of sp³-hybridized carbons (Fsp3) is 0.455. The molecule has 1 aliphatic rings. The number of nitrogens with one attached hydrogen (secondary N) is 2. The van der Waals surface area contributed by atoms with Crippen molar-refractivity contribution in [3.05, 3.63) is 35.3 Å². The molecule has 1 aromatic carbocycles. The zero-order valence-corrected chi connectivity index (χ0v) is 19.2. The third kappa shape index (κ3) is 7.66. The van der Waals surface area contributed by atoms with Crippen LogP contribution in [0.4, 0.5) is 10.8 Å². The lowest BCUT2D eigenvalue weighted by Gasteiger charge is -2.20. The second-order valence-electron chi connectivity index (χ2n) is 7.31. The number of esters is 1. The van der Waals surface area contributed by atoms with Crippen LogP contribution in [0.25, 0.3) is 0 Å². The van der Waals surface area contributed by atoms with Crippen molar-refractivity contribution < 1.29 is 19.1 Å². The number of thiazole rings is 1. The molecule has 1 saturated carbocycles. The molecule has 0 atom stereocenters. The first-order valence-corrected chi connectivity index (χ1v) is 12.3. The summed E-state index contributed by atoms with van der Waals surface area (Å²) < 4.78 is 4.90. The van der Waals surface area contributed by atoms with Crippen molar-refractivity contribution in [1.82, 2.24) is 4.98 Å². The maximum absolute atomic E-state index is 12.3. The highest BCUT2D eigenvalue weighted by molar-refractivity contribution is 8.00. The highest BCUT2D eigenvalue weighted by Gasteiger charge is 2.21. The second-order valence-corrected chi connectivity index (χ2v) is 9.22. The second kappa shape index (κ2) is 11.9. The number of rotatable bonds is 9. The van der Waals surface area contributed by atoms with E-state index in [9.17, 15) is 14.4 Å². The first kappa shape index (κ1) is 23.3. The lowest BCUT2D eigenvalue weighted by atomic mass is 9.88. The Kier molecular flexibility index (Phi) is 8.90. The van der Waals surface area contributed by atoms with Gasteiger partial charge < -0.3 is 15.4 Å². The van der Waals surface area contributed by atoms with Crippen LogP contribution in [0.15, 0.2) is 34.5 Å². The van der Waals surface area contributed by atoms with Gasteiger partial charge in [0.05, 0.1) is 24.5 Å². The third-order valence-electron chi connectivity index (χ3n) is 4.90. The Balaban J connectivity index is 1.41. The summed E-state index contributed by atoms with van der Waals surface area (Å²) in [6, 6.07) is 7.53. The van der Waals surface area contributed by atoms with Gasteiger partial charge in [0.15, 0.2) is 5.13 Å². The van der Waals surface area contributed by atoms with Gasteiger partial charge in [-0.05, 0) is 44.0 Å². The van der Waals surface area contributed by atoms with Crippen LogP contribution < -0.4 is 10.6 Å². The summed E-state index contributed by atoms with van der Waals surface area (Å²) in [5, 5.41) is 7.94. The summed E-state index contributed by atoms with van der Waals surface area (Å²) in [4.78, 5) is 41.2. The van der Waals surface area contributed by atoms with Crippen LogP contribution in [-0.2, 0) is 25.5 Å². The smallest absolute Gasteiger partial charge is 0.311 e. The molecule has 0 saturated heterocycles. The van der Waals surface area contributed by atoms with Gasteiger partial charge in [-0.2, -0.15) is 0 Å². The molecule has 9 heteroatoms. The minimum Gasteiger partial charge on any atom is -0.466 e. The monoisotopic (exact) mass is 461 g/mol. The number of aromatic nitrogens is 1. The highest BCUT2D eigenvalue weighted by Crippen LogP contribution is 2.26. The third-order valence-corrected chi connectivity index (χ3v) is 6.72. The zero-order valence-electron chi connectivity index (χ0n) is 17.5. The largest absolute Gasteiger partial charge is 0.466 e. The lowest BCUT2D eigenvalue weighted by Crippen LogP contribution is -2.24. The maximum atomic E-state index is 12.3. The summed E-state index contributed by atoms with van der Waals surface area (Å²) in [5.41, 5.74) is 1.36. The molecule has 166 valence electrons.